The zero-order valence-corrected chi connectivity index (χ0v) is 13.0. The van der Waals surface area contributed by atoms with E-state index in [4.69, 9.17) is 4.74 Å². The van der Waals surface area contributed by atoms with Gasteiger partial charge in [-0.3, -0.25) is 0 Å². The monoisotopic (exact) mass is 269 g/mol. The molecule has 4 nitrogen and oxygen atoms in total. The lowest BCUT2D eigenvalue weighted by molar-refractivity contribution is -0.0458. The van der Waals surface area contributed by atoms with Crippen molar-refractivity contribution in [3.63, 3.8) is 0 Å². The Kier molecular flexibility index (Phi) is 6.07. The van der Waals surface area contributed by atoms with Gasteiger partial charge in [0, 0.05) is 59.0 Å². The summed E-state index contributed by atoms with van der Waals surface area (Å²) in [6.07, 6.45) is 1.69. The Balaban J connectivity index is 1.46. The molecule has 2 saturated heterocycles. The van der Waals surface area contributed by atoms with E-state index in [9.17, 15) is 0 Å². The van der Waals surface area contributed by atoms with Gasteiger partial charge in [-0.25, -0.2) is 0 Å². The van der Waals surface area contributed by atoms with E-state index >= 15 is 0 Å². The first-order chi connectivity index (χ1) is 9.13. The van der Waals surface area contributed by atoms with Crippen LogP contribution in [-0.2, 0) is 4.74 Å². The van der Waals surface area contributed by atoms with Gasteiger partial charge in [-0.1, -0.05) is 13.8 Å². The minimum atomic E-state index is 0.507. The Labute approximate surface area is 118 Å². The van der Waals surface area contributed by atoms with Crippen molar-refractivity contribution in [1.29, 1.82) is 0 Å². The van der Waals surface area contributed by atoms with Crippen LogP contribution in [0.2, 0.25) is 0 Å². The van der Waals surface area contributed by atoms with Crippen molar-refractivity contribution in [2.45, 2.75) is 26.4 Å². The maximum atomic E-state index is 5.83. The van der Waals surface area contributed by atoms with E-state index in [0.29, 0.717) is 6.10 Å². The molecule has 0 amide bonds. The Morgan fingerprint density at radius 3 is 2.26 bits per heavy atom. The van der Waals surface area contributed by atoms with E-state index in [0.717, 1.165) is 25.6 Å². The van der Waals surface area contributed by atoms with E-state index in [1.807, 2.05) is 0 Å². The molecule has 0 bridgehead atoms. The van der Waals surface area contributed by atoms with Crippen LogP contribution in [0.25, 0.3) is 0 Å². The molecule has 0 aliphatic carbocycles. The Bertz CT molecular complexity index is 246. The molecule has 4 heteroatoms. The second-order valence-electron chi connectivity index (χ2n) is 6.60. The smallest absolute Gasteiger partial charge is 0.0828 e. The van der Waals surface area contributed by atoms with Gasteiger partial charge in [-0.05, 0) is 19.4 Å². The molecule has 0 aromatic rings. The van der Waals surface area contributed by atoms with Gasteiger partial charge in [0.05, 0.1) is 6.10 Å². The zero-order valence-electron chi connectivity index (χ0n) is 13.0. The Morgan fingerprint density at radius 2 is 1.68 bits per heavy atom. The van der Waals surface area contributed by atoms with Crippen molar-refractivity contribution < 1.29 is 4.74 Å². The van der Waals surface area contributed by atoms with Crippen molar-refractivity contribution in [3.8, 4) is 0 Å². The van der Waals surface area contributed by atoms with Gasteiger partial charge in [-0.2, -0.15) is 0 Å². The van der Waals surface area contributed by atoms with E-state index < -0.39 is 0 Å². The lowest BCUT2D eigenvalue weighted by Crippen LogP contribution is -2.50. The van der Waals surface area contributed by atoms with E-state index in [2.05, 4.69) is 35.6 Å². The topological polar surface area (TPSA) is 19.0 Å². The minimum absolute atomic E-state index is 0.507. The fourth-order valence-electron chi connectivity index (χ4n) is 3.00. The molecule has 112 valence electrons. The molecule has 2 fully saturated rings. The third kappa shape index (κ3) is 5.38. The molecule has 0 aromatic heterocycles. The van der Waals surface area contributed by atoms with Gasteiger partial charge in [0.15, 0.2) is 0 Å². The summed E-state index contributed by atoms with van der Waals surface area (Å²) >= 11 is 0. The average molecular weight is 269 g/mol. The summed E-state index contributed by atoms with van der Waals surface area (Å²) < 4.78 is 5.83. The quantitative estimate of drug-likeness (QED) is 0.641. The molecule has 19 heavy (non-hydrogen) atoms. The second-order valence-corrected chi connectivity index (χ2v) is 6.60. The van der Waals surface area contributed by atoms with Gasteiger partial charge >= 0.3 is 0 Å². The van der Waals surface area contributed by atoms with Crippen molar-refractivity contribution >= 4 is 0 Å². The van der Waals surface area contributed by atoms with Crippen molar-refractivity contribution in [3.05, 3.63) is 0 Å². The molecular formula is C15H31N3O. The van der Waals surface area contributed by atoms with E-state index in [1.165, 1.54) is 45.7 Å². The maximum Gasteiger partial charge on any atom is 0.0828 e. The zero-order chi connectivity index (χ0) is 13.7. The van der Waals surface area contributed by atoms with Crippen molar-refractivity contribution in [2.24, 2.45) is 5.92 Å². The molecule has 0 aromatic carbocycles. The number of rotatable bonds is 7. The summed E-state index contributed by atoms with van der Waals surface area (Å²) in [4.78, 5) is 7.49. The Hall–Kier alpha value is -0.160. The standard InChI is InChI=1S/C15H31N3O/c1-14(2)11-18-8-6-17(7-9-18)5-4-10-19-15-12-16(3)13-15/h14-15H,4-13H2,1-3H3. The predicted octanol–water partition coefficient (Wildman–Crippen LogP) is 0.981. The van der Waals surface area contributed by atoms with Crippen LogP contribution in [0, 0.1) is 5.92 Å². The third-order valence-corrected chi connectivity index (χ3v) is 4.09. The van der Waals surface area contributed by atoms with Crippen LogP contribution < -0.4 is 0 Å². The number of ether oxygens (including phenoxy) is 1. The minimum Gasteiger partial charge on any atom is -0.376 e. The average Bonchev–Trinajstić information content (AvgIpc) is 2.33. The summed E-state index contributed by atoms with van der Waals surface area (Å²) in [5.41, 5.74) is 0. The molecule has 0 saturated carbocycles. The number of hydrogen-bond acceptors (Lipinski definition) is 4. The van der Waals surface area contributed by atoms with Gasteiger partial charge < -0.3 is 19.4 Å². The number of likely N-dealkylation sites (N-methyl/N-ethyl adjacent to an activating group) is 1. The molecule has 0 N–H and O–H groups in total. The fourth-order valence-corrected chi connectivity index (χ4v) is 3.00. The first-order valence-electron chi connectivity index (χ1n) is 7.88. The van der Waals surface area contributed by atoms with Crippen LogP contribution in [-0.4, -0.2) is 86.8 Å². The van der Waals surface area contributed by atoms with Crippen LogP contribution >= 0.6 is 0 Å². The highest BCUT2D eigenvalue weighted by Gasteiger charge is 2.23. The molecule has 2 aliphatic heterocycles. The Morgan fingerprint density at radius 1 is 1.05 bits per heavy atom. The molecule has 0 atom stereocenters. The van der Waals surface area contributed by atoms with Crippen LogP contribution in [0.1, 0.15) is 20.3 Å². The van der Waals surface area contributed by atoms with Gasteiger partial charge in [0.1, 0.15) is 0 Å². The van der Waals surface area contributed by atoms with Crippen molar-refractivity contribution in [1.82, 2.24) is 14.7 Å². The summed E-state index contributed by atoms with van der Waals surface area (Å²) in [7, 11) is 2.15. The summed E-state index contributed by atoms with van der Waals surface area (Å²) in [6.45, 7) is 15.2. The highest BCUT2D eigenvalue weighted by molar-refractivity contribution is 4.77. The third-order valence-electron chi connectivity index (χ3n) is 4.09. The molecule has 0 spiro atoms. The molecule has 2 aliphatic rings. The molecule has 2 heterocycles. The second kappa shape index (κ2) is 7.58. The molecular weight excluding hydrogens is 238 g/mol. The van der Waals surface area contributed by atoms with Crippen LogP contribution in [0.4, 0.5) is 0 Å². The SMILES string of the molecule is CC(C)CN1CCN(CCCOC2CN(C)C2)CC1. The van der Waals surface area contributed by atoms with Crippen molar-refractivity contribution in [2.75, 3.05) is 66.0 Å². The molecule has 2 rings (SSSR count). The fraction of sp³-hybridized carbons (Fsp3) is 1.00. The van der Waals surface area contributed by atoms with Crippen LogP contribution in [0.3, 0.4) is 0 Å². The van der Waals surface area contributed by atoms with Crippen LogP contribution in [0.15, 0.2) is 0 Å². The van der Waals surface area contributed by atoms with E-state index in [1.54, 1.807) is 0 Å². The number of nitrogens with zero attached hydrogens (tertiary/aromatic N) is 3. The maximum absolute atomic E-state index is 5.83. The van der Waals surface area contributed by atoms with Crippen LogP contribution in [0.5, 0.6) is 0 Å². The van der Waals surface area contributed by atoms with Gasteiger partial charge in [0.25, 0.3) is 0 Å². The first kappa shape index (κ1) is 15.2. The number of likely N-dealkylation sites (tertiary alicyclic amines) is 1. The predicted molar refractivity (Wildman–Crippen MR) is 79.6 cm³/mol. The summed E-state index contributed by atoms with van der Waals surface area (Å²) in [5.74, 6) is 0.792. The summed E-state index contributed by atoms with van der Waals surface area (Å²) in [5, 5.41) is 0. The first-order valence-corrected chi connectivity index (χ1v) is 7.88. The van der Waals surface area contributed by atoms with Gasteiger partial charge in [-0.15, -0.1) is 0 Å². The number of hydrogen-bond donors (Lipinski definition) is 0. The lowest BCUT2D eigenvalue weighted by Gasteiger charge is -2.37. The van der Waals surface area contributed by atoms with Gasteiger partial charge in [0.2, 0.25) is 0 Å². The molecule has 0 radical (unpaired) electrons. The lowest BCUT2D eigenvalue weighted by atomic mass is 10.2. The summed E-state index contributed by atoms with van der Waals surface area (Å²) in [6, 6.07) is 0. The normalized spacial score (nSPS) is 24.0. The largest absolute Gasteiger partial charge is 0.376 e. The number of piperazine rings is 1. The van der Waals surface area contributed by atoms with E-state index in [-0.39, 0.29) is 0 Å². The molecule has 0 unspecified atom stereocenters. The highest BCUT2D eigenvalue weighted by Crippen LogP contribution is 2.09. The highest BCUT2D eigenvalue weighted by atomic mass is 16.5.